The number of carbonyl (C=O) groups is 1. The number of anilines is 1. The fourth-order valence-electron chi connectivity index (χ4n) is 3.45. The van der Waals surface area contributed by atoms with Crippen LogP contribution in [0.3, 0.4) is 0 Å². The van der Waals surface area contributed by atoms with E-state index in [1.54, 1.807) is 0 Å². The predicted octanol–water partition coefficient (Wildman–Crippen LogP) is 6.06. The van der Waals surface area contributed by atoms with Gasteiger partial charge in [0.2, 0.25) is 11.8 Å². The number of carbonyl (C=O) groups excluding carboxylic acids is 1. The lowest BCUT2D eigenvalue weighted by Gasteiger charge is -2.10. The highest BCUT2D eigenvalue weighted by atomic mass is 32.1. The minimum Gasteiger partial charge on any atom is -0.436 e. The lowest BCUT2D eigenvalue weighted by atomic mass is 9.98. The summed E-state index contributed by atoms with van der Waals surface area (Å²) >= 11 is 5.31. The molecule has 0 saturated heterocycles. The summed E-state index contributed by atoms with van der Waals surface area (Å²) in [6, 6.07) is 23.3. The van der Waals surface area contributed by atoms with Gasteiger partial charge in [-0.15, -0.1) is 0 Å². The second-order valence-corrected chi connectivity index (χ2v) is 8.21. The normalized spacial score (nSPS) is 11.8. The molecule has 6 heteroatoms. The van der Waals surface area contributed by atoms with E-state index in [2.05, 4.69) is 41.6 Å². The molecule has 0 spiro atoms. The number of amides is 1. The number of fused-ring (bicyclic) bond motifs is 1. The van der Waals surface area contributed by atoms with Gasteiger partial charge in [-0.1, -0.05) is 56.3 Å². The molecule has 0 fully saturated rings. The third-order valence-electron chi connectivity index (χ3n) is 5.42. The van der Waals surface area contributed by atoms with Crippen LogP contribution in [0.4, 0.5) is 5.69 Å². The van der Waals surface area contributed by atoms with E-state index >= 15 is 0 Å². The number of nitrogens with one attached hydrogen (secondary N) is 2. The Morgan fingerprint density at radius 3 is 2.66 bits per heavy atom. The fourth-order valence-corrected chi connectivity index (χ4v) is 3.69. The standard InChI is InChI=1S/C26H25N3O2S/c1-3-17(2)19-12-13-23-22(16-19)28-25(31-23)20-10-7-11-21(15-20)27-26(32)29-24(30)14-18-8-5-4-6-9-18/h4-13,15-17H,3,14H2,1-2H3,(H2,27,29,30,32)/t17-/m1/s1. The molecule has 0 aliphatic carbocycles. The van der Waals surface area contributed by atoms with Crippen molar-refractivity contribution < 1.29 is 9.21 Å². The Labute approximate surface area is 192 Å². The number of benzene rings is 3. The molecule has 1 atom stereocenters. The van der Waals surface area contributed by atoms with E-state index in [1.807, 2.05) is 60.7 Å². The third kappa shape index (κ3) is 5.21. The minimum absolute atomic E-state index is 0.166. The maximum atomic E-state index is 12.2. The molecule has 0 aliphatic heterocycles. The van der Waals surface area contributed by atoms with Crippen LogP contribution in [-0.2, 0) is 11.2 Å². The zero-order valence-corrected chi connectivity index (χ0v) is 18.9. The summed E-state index contributed by atoms with van der Waals surface area (Å²) in [5.74, 6) is 0.857. The minimum atomic E-state index is -0.166. The molecule has 32 heavy (non-hydrogen) atoms. The first-order chi connectivity index (χ1) is 15.5. The van der Waals surface area contributed by atoms with Gasteiger partial charge in [-0.2, -0.15) is 0 Å². The van der Waals surface area contributed by atoms with Crippen LogP contribution in [0.2, 0.25) is 0 Å². The van der Waals surface area contributed by atoms with E-state index in [0.29, 0.717) is 11.8 Å². The van der Waals surface area contributed by atoms with Gasteiger partial charge in [0.15, 0.2) is 10.7 Å². The highest BCUT2D eigenvalue weighted by Crippen LogP contribution is 2.29. The average Bonchev–Trinajstić information content (AvgIpc) is 3.22. The summed E-state index contributed by atoms with van der Waals surface area (Å²) < 4.78 is 5.97. The predicted molar refractivity (Wildman–Crippen MR) is 133 cm³/mol. The van der Waals surface area contributed by atoms with Gasteiger partial charge in [-0.05, 0) is 66.0 Å². The van der Waals surface area contributed by atoms with Crippen molar-refractivity contribution in [2.75, 3.05) is 5.32 Å². The van der Waals surface area contributed by atoms with E-state index in [-0.39, 0.29) is 17.4 Å². The lowest BCUT2D eigenvalue weighted by molar-refractivity contribution is -0.119. The van der Waals surface area contributed by atoms with Gasteiger partial charge in [-0.25, -0.2) is 4.98 Å². The summed E-state index contributed by atoms with van der Waals surface area (Å²) in [6.45, 7) is 4.38. The molecule has 1 amide bonds. The number of thiocarbonyl (C=S) groups is 1. The molecule has 1 heterocycles. The smallest absolute Gasteiger partial charge is 0.230 e. The van der Waals surface area contributed by atoms with Gasteiger partial charge in [0.1, 0.15) is 5.52 Å². The van der Waals surface area contributed by atoms with E-state index < -0.39 is 0 Å². The monoisotopic (exact) mass is 443 g/mol. The van der Waals surface area contributed by atoms with Gasteiger partial charge in [0.25, 0.3) is 0 Å². The van der Waals surface area contributed by atoms with Crippen molar-refractivity contribution in [3.05, 3.63) is 83.9 Å². The second-order valence-electron chi connectivity index (χ2n) is 7.80. The topological polar surface area (TPSA) is 67.2 Å². The molecule has 0 bridgehead atoms. The molecule has 4 rings (SSSR count). The molecule has 2 N–H and O–H groups in total. The van der Waals surface area contributed by atoms with Gasteiger partial charge in [-0.3, -0.25) is 4.79 Å². The van der Waals surface area contributed by atoms with Gasteiger partial charge in [0.05, 0.1) is 6.42 Å². The number of rotatable bonds is 6. The molecule has 0 saturated carbocycles. The van der Waals surface area contributed by atoms with Crippen LogP contribution < -0.4 is 10.6 Å². The van der Waals surface area contributed by atoms with E-state index in [0.717, 1.165) is 34.3 Å². The summed E-state index contributed by atoms with van der Waals surface area (Å²) in [5, 5.41) is 6.04. The molecular formula is C26H25N3O2S. The van der Waals surface area contributed by atoms with Crippen molar-refractivity contribution in [3.63, 3.8) is 0 Å². The van der Waals surface area contributed by atoms with Gasteiger partial charge >= 0.3 is 0 Å². The SMILES string of the molecule is CC[C@@H](C)c1ccc2oc(-c3cccc(NC(=S)NC(=O)Cc4ccccc4)c3)nc2c1. The molecule has 4 aromatic rings. The Morgan fingerprint density at radius 2 is 1.88 bits per heavy atom. The molecule has 5 nitrogen and oxygen atoms in total. The zero-order valence-electron chi connectivity index (χ0n) is 18.1. The van der Waals surface area contributed by atoms with Crippen LogP contribution in [0.1, 0.15) is 37.3 Å². The summed E-state index contributed by atoms with van der Waals surface area (Å²) in [4.78, 5) is 16.9. The first-order valence-electron chi connectivity index (χ1n) is 10.7. The average molecular weight is 444 g/mol. The van der Waals surface area contributed by atoms with Crippen molar-refractivity contribution in [2.45, 2.75) is 32.6 Å². The highest BCUT2D eigenvalue weighted by molar-refractivity contribution is 7.80. The van der Waals surface area contributed by atoms with Crippen LogP contribution in [0, 0.1) is 0 Å². The third-order valence-corrected chi connectivity index (χ3v) is 5.63. The van der Waals surface area contributed by atoms with Crippen LogP contribution in [-0.4, -0.2) is 16.0 Å². The Morgan fingerprint density at radius 1 is 1.06 bits per heavy atom. The summed E-state index contributed by atoms with van der Waals surface area (Å²) in [5.41, 5.74) is 5.37. The number of aromatic nitrogens is 1. The number of oxazole rings is 1. The Kier molecular flexibility index (Phi) is 6.61. The molecular weight excluding hydrogens is 418 g/mol. The van der Waals surface area contributed by atoms with Crippen molar-refractivity contribution in [3.8, 4) is 11.5 Å². The fraction of sp³-hybridized carbons (Fsp3) is 0.192. The first-order valence-corrected chi connectivity index (χ1v) is 11.1. The summed E-state index contributed by atoms with van der Waals surface area (Å²) in [7, 11) is 0. The van der Waals surface area contributed by atoms with E-state index in [9.17, 15) is 4.79 Å². The molecule has 1 aromatic heterocycles. The number of hydrogen-bond acceptors (Lipinski definition) is 4. The van der Waals surface area contributed by atoms with Crippen LogP contribution in [0.5, 0.6) is 0 Å². The largest absolute Gasteiger partial charge is 0.436 e. The molecule has 0 aliphatic rings. The Balaban J connectivity index is 1.45. The highest BCUT2D eigenvalue weighted by Gasteiger charge is 2.12. The van der Waals surface area contributed by atoms with Crippen LogP contribution in [0.25, 0.3) is 22.6 Å². The van der Waals surface area contributed by atoms with Crippen molar-refractivity contribution in [2.24, 2.45) is 0 Å². The van der Waals surface area contributed by atoms with E-state index in [4.69, 9.17) is 16.6 Å². The van der Waals surface area contributed by atoms with Crippen molar-refractivity contribution in [1.82, 2.24) is 10.3 Å². The zero-order chi connectivity index (χ0) is 22.5. The second kappa shape index (κ2) is 9.75. The molecule has 162 valence electrons. The maximum absolute atomic E-state index is 12.2. The van der Waals surface area contributed by atoms with Gasteiger partial charge in [0, 0.05) is 11.3 Å². The molecule has 3 aromatic carbocycles. The quantitative estimate of drug-likeness (QED) is 0.354. The number of nitrogens with zero attached hydrogens (tertiary/aromatic N) is 1. The Hall–Kier alpha value is -3.51. The Bertz CT molecular complexity index is 1250. The van der Waals surface area contributed by atoms with Crippen LogP contribution in [0.15, 0.2) is 77.2 Å². The van der Waals surface area contributed by atoms with E-state index in [1.165, 1.54) is 5.56 Å². The number of hydrogen-bond donors (Lipinski definition) is 2. The maximum Gasteiger partial charge on any atom is 0.230 e. The van der Waals surface area contributed by atoms with Crippen LogP contribution >= 0.6 is 12.2 Å². The summed E-state index contributed by atoms with van der Waals surface area (Å²) in [6.07, 6.45) is 1.34. The molecule has 0 unspecified atom stereocenters. The van der Waals surface area contributed by atoms with Crippen molar-refractivity contribution in [1.29, 1.82) is 0 Å². The van der Waals surface area contributed by atoms with Crippen molar-refractivity contribution >= 4 is 40.0 Å². The first kappa shape index (κ1) is 21.7. The lowest BCUT2D eigenvalue weighted by Crippen LogP contribution is -2.35. The van der Waals surface area contributed by atoms with Gasteiger partial charge < -0.3 is 15.1 Å². The molecule has 0 radical (unpaired) electrons.